The van der Waals surface area contributed by atoms with E-state index in [2.05, 4.69) is 0 Å². The van der Waals surface area contributed by atoms with Crippen LogP contribution in [0.25, 0.3) is 0 Å². The van der Waals surface area contributed by atoms with E-state index in [-0.39, 0.29) is 23.7 Å². The van der Waals surface area contributed by atoms with E-state index in [1.807, 2.05) is 19.1 Å². The summed E-state index contributed by atoms with van der Waals surface area (Å²) in [5.74, 6) is 0.482. The van der Waals surface area contributed by atoms with E-state index in [0.29, 0.717) is 19.5 Å². The zero-order chi connectivity index (χ0) is 14.0. The fraction of sp³-hybridized carbons (Fsp3) is 0.533. The van der Waals surface area contributed by atoms with Gasteiger partial charge in [-0.15, -0.1) is 0 Å². The number of aliphatic hydroxyl groups is 1. The summed E-state index contributed by atoms with van der Waals surface area (Å²) in [5.41, 5.74) is 1.64. The van der Waals surface area contributed by atoms with Gasteiger partial charge in [0.05, 0.1) is 12.5 Å². The number of hydrogen-bond acceptors (Lipinski definition) is 3. The Morgan fingerprint density at radius 1 is 1.53 bits per heavy atom. The van der Waals surface area contributed by atoms with Gasteiger partial charge in [-0.25, -0.2) is 0 Å². The van der Waals surface area contributed by atoms with Crippen molar-refractivity contribution in [2.75, 3.05) is 13.1 Å². The zero-order valence-electron chi connectivity index (χ0n) is 11.5. The average molecular weight is 263 g/mol. The maximum absolute atomic E-state index is 12.1. The van der Waals surface area contributed by atoms with Crippen LogP contribution in [0.15, 0.2) is 18.2 Å². The molecule has 4 heteroatoms. The Labute approximate surface area is 113 Å². The predicted molar refractivity (Wildman–Crippen MR) is 72.9 cm³/mol. The third kappa shape index (κ3) is 3.26. The second-order valence-electron chi connectivity index (χ2n) is 5.43. The van der Waals surface area contributed by atoms with E-state index in [4.69, 9.17) is 0 Å². The molecule has 0 bridgehead atoms. The normalized spacial score (nSPS) is 20.6. The lowest BCUT2D eigenvalue weighted by molar-refractivity contribution is -0.129. The van der Waals surface area contributed by atoms with Gasteiger partial charge in [0, 0.05) is 19.0 Å². The van der Waals surface area contributed by atoms with Crippen LogP contribution in [0, 0.1) is 12.8 Å². The highest BCUT2D eigenvalue weighted by molar-refractivity contribution is 5.79. The van der Waals surface area contributed by atoms with Gasteiger partial charge in [0.15, 0.2) is 0 Å². The third-order valence-electron chi connectivity index (χ3n) is 3.89. The molecule has 0 saturated carbocycles. The molecule has 1 aromatic carbocycles. The molecule has 2 N–H and O–H groups in total. The van der Waals surface area contributed by atoms with Crippen LogP contribution in [0.2, 0.25) is 0 Å². The summed E-state index contributed by atoms with van der Waals surface area (Å²) in [7, 11) is 0. The highest BCUT2D eigenvalue weighted by atomic mass is 16.3. The summed E-state index contributed by atoms with van der Waals surface area (Å²) in [6, 6.07) is 5.34. The molecule has 1 saturated heterocycles. The fourth-order valence-electron chi connectivity index (χ4n) is 2.46. The molecule has 2 atom stereocenters. The van der Waals surface area contributed by atoms with Crippen molar-refractivity contribution in [1.29, 1.82) is 0 Å². The molecule has 1 fully saturated rings. The molecule has 4 nitrogen and oxygen atoms in total. The molecular formula is C15H21NO3. The van der Waals surface area contributed by atoms with Gasteiger partial charge in [0.25, 0.3) is 0 Å². The Balaban J connectivity index is 1.96. The molecule has 0 aromatic heterocycles. The van der Waals surface area contributed by atoms with Crippen molar-refractivity contribution in [3.05, 3.63) is 29.3 Å². The van der Waals surface area contributed by atoms with E-state index >= 15 is 0 Å². The van der Waals surface area contributed by atoms with Crippen LogP contribution in [0.3, 0.4) is 0 Å². The molecule has 104 valence electrons. The Kier molecular flexibility index (Phi) is 4.10. The van der Waals surface area contributed by atoms with Crippen molar-refractivity contribution < 1.29 is 15.0 Å². The first-order valence-electron chi connectivity index (χ1n) is 6.71. The maximum atomic E-state index is 12.1. The fourth-order valence-corrected chi connectivity index (χ4v) is 2.46. The molecule has 19 heavy (non-hydrogen) atoms. The smallest absolute Gasteiger partial charge is 0.227 e. The highest BCUT2D eigenvalue weighted by Gasteiger charge is 2.28. The lowest BCUT2D eigenvalue weighted by Crippen LogP contribution is -2.31. The first-order chi connectivity index (χ1) is 8.97. The third-order valence-corrected chi connectivity index (χ3v) is 3.89. The second-order valence-corrected chi connectivity index (χ2v) is 5.43. The van der Waals surface area contributed by atoms with Crippen molar-refractivity contribution in [3.63, 3.8) is 0 Å². The number of benzene rings is 1. The minimum atomic E-state index is -0.360. The molecule has 1 aliphatic rings. The van der Waals surface area contributed by atoms with E-state index < -0.39 is 0 Å². The minimum absolute atomic E-state index is 0.0615. The molecule has 0 radical (unpaired) electrons. The predicted octanol–water partition coefficient (Wildman–Crippen LogP) is 1.47. The number of nitrogens with zero attached hydrogens (tertiary/aromatic N) is 1. The summed E-state index contributed by atoms with van der Waals surface area (Å²) in [6.45, 7) is 4.95. The molecule has 2 unspecified atom stereocenters. The molecule has 2 rings (SSSR count). The average Bonchev–Trinajstić information content (AvgIpc) is 2.83. The molecular weight excluding hydrogens is 242 g/mol. The van der Waals surface area contributed by atoms with Gasteiger partial charge in [-0.1, -0.05) is 12.1 Å². The van der Waals surface area contributed by atoms with Crippen molar-refractivity contribution in [2.45, 2.75) is 32.8 Å². The molecule has 0 spiro atoms. The highest BCUT2D eigenvalue weighted by Crippen LogP contribution is 2.22. The summed E-state index contributed by atoms with van der Waals surface area (Å²) >= 11 is 0. The number of rotatable bonds is 3. The standard InChI is InChI=1S/C15H21NO3/c1-10-3-4-12(7-14(10)18)8-15(19)16-6-5-13(9-16)11(2)17/h3-4,7,11,13,17-18H,5-6,8-9H2,1-2H3. The van der Waals surface area contributed by atoms with Crippen molar-refractivity contribution >= 4 is 5.91 Å². The lowest BCUT2D eigenvalue weighted by atomic mass is 10.0. The molecule has 0 aliphatic carbocycles. The summed E-state index contributed by atoms with van der Waals surface area (Å²) < 4.78 is 0. The number of hydrogen-bond donors (Lipinski definition) is 2. The number of carbonyl (C=O) groups is 1. The van der Waals surface area contributed by atoms with E-state index in [9.17, 15) is 15.0 Å². The first kappa shape index (κ1) is 13.9. The number of aryl methyl sites for hydroxylation is 1. The number of likely N-dealkylation sites (tertiary alicyclic amines) is 1. The van der Waals surface area contributed by atoms with Crippen LogP contribution in [-0.4, -0.2) is 40.2 Å². The van der Waals surface area contributed by atoms with Gasteiger partial charge in [-0.3, -0.25) is 4.79 Å². The number of amides is 1. The summed E-state index contributed by atoms with van der Waals surface area (Å²) in [6.07, 6.45) is 0.810. The maximum Gasteiger partial charge on any atom is 0.227 e. The largest absolute Gasteiger partial charge is 0.508 e. The van der Waals surface area contributed by atoms with E-state index in [0.717, 1.165) is 17.5 Å². The Hall–Kier alpha value is -1.55. The molecule has 1 amide bonds. The Morgan fingerprint density at radius 2 is 2.26 bits per heavy atom. The van der Waals surface area contributed by atoms with Gasteiger partial charge in [0.2, 0.25) is 5.91 Å². The van der Waals surface area contributed by atoms with Gasteiger partial charge in [-0.2, -0.15) is 0 Å². The minimum Gasteiger partial charge on any atom is -0.508 e. The van der Waals surface area contributed by atoms with Crippen LogP contribution < -0.4 is 0 Å². The van der Waals surface area contributed by atoms with Crippen LogP contribution >= 0.6 is 0 Å². The number of carbonyl (C=O) groups excluding carboxylic acids is 1. The van der Waals surface area contributed by atoms with Gasteiger partial charge >= 0.3 is 0 Å². The Bertz CT molecular complexity index is 470. The van der Waals surface area contributed by atoms with Gasteiger partial charge in [-0.05, 0) is 37.5 Å². The van der Waals surface area contributed by atoms with Gasteiger partial charge in [0.1, 0.15) is 5.75 Å². The quantitative estimate of drug-likeness (QED) is 0.868. The second kappa shape index (κ2) is 5.61. The summed E-state index contributed by atoms with van der Waals surface area (Å²) in [4.78, 5) is 13.9. The topological polar surface area (TPSA) is 60.8 Å². The van der Waals surface area contributed by atoms with Crippen LogP contribution in [-0.2, 0) is 11.2 Å². The molecule has 1 heterocycles. The van der Waals surface area contributed by atoms with E-state index in [1.54, 1.807) is 17.9 Å². The zero-order valence-corrected chi connectivity index (χ0v) is 11.5. The number of aromatic hydroxyl groups is 1. The molecule has 1 aromatic rings. The lowest BCUT2D eigenvalue weighted by Gasteiger charge is -2.18. The number of aliphatic hydroxyl groups excluding tert-OH is 1. The number of phenols is 1. The van der Waals surface area contributed by atoms with E-state index in [1.165, 1.54) is 0 Å². The summed E-state index contributed by atoms with van der Waals surface area (Å²) in [5, 5.41) is 19.2. The van der Waals surface area contributed by atoms with Crippen LogP contribution in [0.1, 0.15) is 24.5 Å². The van der Waals surface area contributed by atoms with Crippen molar-refractivity contribution in [3.8, 4) is 5.75 Å². The van der Waals surface area contributed by atoms with Crippen molar-refractivity contribution in [1.82, 2.24) is 4.90 Å². The van der Waals surface area contributed by atoms with Crippen molar-refractivity contribution in [2.24, 2.45) is 5.92 Å². The first-order valence-corrected chi connectivity index (χ1v) is 6.71. The monoisotopic (exact) mass is 263 g/mol. The molecule has 1 aliphatic heterocycles. The van der Waals surface area contributed by atoms with Crippen LogP contribution in [0.4, 0.5) is 0 Å². The van der Waals surface area contributed by atoms with Crippen LogP contribution in [0.5, 0.6) is 5.75 Å². The van der Waals surface area contributed by atoms with Gasteiger partial charge < -0.3 is 15.1 Å². The Morgan fingerprint density at radius 3 is 2.84 bits per heavy atom. The number of phenolic OH excluding ortho intramolecular Hbond substituents is 1. The SMILES string of the molecule is Cc1ccc(CC(=O)N2CCC(C(C)O)C2)cc1O.